The Morgan fingerprint density at radius 2 is 1.39 bits per heavy atom. The maximum Gasteiger partial charge on any atom is 0.339 e. The van der Waals surface area contributed by atoms with Crippen molar-refractivity contribution in [2.24, 2.45) is 0 Å². The first-order valence-corrected chi connectivity index (χ1v) is 11.7. The molecule has 0 heterocycles. The molecule has 7 nitrogen and oxygen atoms in total. The Labute approximate surface area is 192 Å². The molecule has 0 aliphatic carbocycles. The summed E-state index contributed by atoms with van der Waals surface area (Å²) >= 11 is 0. The predicted octanol–water partition coefficient (Wildman–Crippen LogP) is 4.33. The fraction of sp³-hybridized carbons (Fsp3) is 0.208. The molecule has 0 fully saturated rings. The van der Waals surface area contributed by atoms with Crippen LogP contribution in [0.3, 0.4) is 0 Å². The third-order valence-electron chi connectivity index (χ3n) is 4.75. The quantitative estimate of drug-likeness (QED) is 0.469. The average molecular weight is 473 g/mol. The molecule has 0 aromatic heterocycles. The highest BCUT2D eigenvalue weighted by atomic mass is 32.2. The summed E-state index contributed by atoms with van der Waals surface area (Å²) in [6.07, 6.45) is 0. The van der Waals surface area contributed by atoms with Crippen LogP contribution in [0.4, 0.5) is 9.18 Å². The van der Waals surface area contributed by atoms with Crippen molar-refractivity contribution in [1.29, 1.82) is 0 Å². The number of rotatable bonds is 9. The van der Waals surface area contributed by atoms with Gasteiger partial charge in [0.15, 0.2) is 0 Å². The van der Waals surface area contributed by atoms with Crippen LogP contribution >= 0.6 is 0 Å². The summed E-state index contributed by atoms with van der Waals surface area (Å²) in [6, 6.07) is 18.0. The molecular weight excluding hydrogens is 447 g/mol. The Bertz CT molecular complexity index is 1160. The van der Waals surface area contributed by atoms with Crippen molar-refractivity contribution >= 4 is 16.1 Å². The van der Waals surface area contributed by atoms with Crippen LogP contribution in [0.2, 0.25) is 0 Å². The van der Waals surface area contributed by atoms with Crippen molar-refractivity contribution in [2.45, 2.75) is 24.9 Å². The zero-order chi connectivity index (χ0) is 23.8. The number of carbonyl (C=O) groups is 1. The van der Waals surface area contributed by atoms with E-state index in [0.717, 1.165) is 11.1 Å². The number of carbonyl (C=O) groups excluding carboxylic acids is 1. The Morgan fingerprint density at radius 3 is 1.91 bits per heavy atom. The van der Waals surface area contributed by atoms with E-state index in [0.29, 0.717) is 12.3 Å². The van der Waals surface area contributed by atoms with Gasteiger partial charge >= 0.3 is 16.1 Å². The lowest BCUT2D eigenvalue weighted by Gasteiger charge is -2.23. The largest absolute Gasteiger partial charge is 0.497 e. The van der Waals surface area contributed by atoms with Crippen LogP contribution in [0, 0.1) is 5.82 Å². The highest BCUT2D eigenvalue weighted by molar-refractivity contribution is 7.87. The van der Waals surface area contributed by atoms with Gasteiger partial charge in [-0.3, -0.25) is 0 Å². The highest BCUT2D eigenvalue weighted by Crippen LogP contribution is 2.22. The lowest BCUT2D eigenvalue weighted by Crippen LogP contribution is -2.38. The van der Waals surface area contributed by atoms with Gasteiger partial charge in [0.2, 0.25) is 0 Å². The number of nitrogens with zero attached hydrogens (tertiary/aromatic N) is 1. The summed E-state index contributed by atoms with van der Waals surface area (Å²) < 4.78 is 48.4. The number of hydrogen-bond donors (Lipinski definition) is 1. The van der Waals surface area contributed by atoms with Crippen LogP contribution in [-0.2, 0) is 23.2 Å². The number of urea groups is 1. The maximum absolute atomic E-state index is 13.2. The van der Waals surface area contributed by atoms with Crippen molar-refractivity contribution in [2.75, 3.05) is 13.7 Å². The van der Waals surface area contributed by atoms with Gasteiger partial charge < -0.3 is 19.1 Å². The van der Waals surface area contributed by atoms with Gasteiger partial charge in [0.1, 0.15) is 22.2 Å². The van der Waals surface area contributed by atoms with Gasteiger partial charge in [-0.25, -0.2) is 9.18 Å². The van der Waals surface area contributed by atoms with E-state index >= 15 is 0 Å². The standard InChI is InChI=1S/C24H25FN2O5S/c1-3-26-24(28)27(16-18-4-8-20(25)9-5-18)17-19-6-10-22(11-7-19)32-33(29,30)23-14-12-21(31-2)13-15-23/h4-15H,3,16-17H2,1-2H3,(H,26,28). The first-order valence-electron chi connectivity index (χ1n) is 10.3. The summed E-state index contributed by atoms with van der Waals surface area (Å²) in [5.74, 6) is 0.344. The van der Waals surface area contributed by atoms with Gasteiger partial charge in [0.25, 0.3) is 0 Å². The first kappa shape index (κ1) is 24.1. The Hall–Kier alpha value is -3.59. The summed E-state index contributed by atoms with van der Waals surface area (Å²) in [7, 11) is -2.51. The Balaban J connectivity index is 1.70. The Kier molecular flexibility index (Phi) is 7.89. The van der Waals surface area contributed by atoms with Crippen molar-refractivity contribution < 1.29 is 26.5 Å². The van der Waals surface area contributed by atoms with E-state index < -0.39 is 10.1 Å². The number of benzene rings is 3. The first-order chi connectivity index (χ1) is 15.8. The van der Waals surface area contributed by atoms with Crippen molar-refractivity contribution in [3.05, 3.63) is 89.7 Å². The minimum Gasteiger partial charge on any atom is -0.497 e. The molecule has 174 valence electrons. The van der Waals surface area contributed by atoms with Crippen molar-refractivity contribution in [3.8, 4) is 11.5 Å². The van der Waals surface area contributed by atoms with Crippen molar-refractivity contribution in [1.82, 2.24) is 10.2 Å². The second-order valence-electron chi connectivity index (χ2n) is 7.17. The number of methoxy groups -OCH3 is 1. The molecule has 3 aromatic rings. The van der Waals surface area contributed by atoms with Crippen LogP contribution in [0.25, 0.3) is 0 Å². The van der Waals surface area contributed by atoms with Gasteiger partial charge in [-0.05, 0) is 66.6 Å². The van der Waals surface area contributed by atoms with Gasteiger partial charge in [0.05, 0.1) is 7.11 Å². The zero-order valence-corrected chi connectivity index (χ0v) is 19.1. The van der Waals surface area contributed by atoms with Crippen LogP contribution in [0.5, 0.6) is 11.5 Å². The summed E-state index contributed by atoms with van der Waals surface area (Å²) in [4.78, 5) is 14.1. The predicted molar refractivity (Wildman–Crippen MR) is 122 cm³/mol. The lowest BCUT2D eigenvalue weighted by molar-refractivity contribution is 0.193. The lowest BCUT2D eigenvalue weighted by atomic mass is 10.1. The molecule has 0 radical (unpaired) electrons. The van der Waals surface area contributed by atoms with Crippen molar-refractivity contribution in [3.63, 3.8) is 0 Å². The van der Waals surface area contributed by atoms with Crippen LogP contribution in [-0.4, -0.2) is 33.0 Å². The molecule has 3 aromatic carbocycles. The van der Waals surface area contributed by atoms with Crippen LogP contribution < -0.4 is 14.2 Å². The third-order valence-corrected chi connectivity index (χ3v) is 6.01. The average Bonchev–Trinajstić information content (AvgIpc) is 2.81. The third kappa shape index (κ3) is 6.69. The van der Waals surface area contributed by atoms with E-state index in [2.05, 4.69) is 5.32 Å². The normalized spacial score (nSPS) is 11.0. The molecule has 33 heavy (non-hydrogen) atoms. The highest BCUT2D eigenvalue weighted by Gasteiger charge is 2.18. The monoisotopic (exact) mass is 472 g/mol. The summed E-state index contributed by atoms with van der Waals surface area (Å²) in [6.45, 7) is 2.85. The molecular formula is C24H25FN2O5S. The van der Waals surface area contributed by atoms with E-state index in [1.165, 1.54) is 55.6 Å². The van der Waals surface area contributed by atoms with Crippen LogP contribution in [0.15, 0.2) is 77.7 Å². The molecule has 2 amide bonds. The molecule has 0 atom stereocenters. The minimum absolute atomic E-state index is 0.00841. The van der Waals surface area contributed by atoms with Gasteiger partial charge in [0, 0.05) is 19.6 Å². The molecule has 0 aliphatic heterocycles. The topological polar surface area (TPSA) is 84.9 Å². The SMILES string of the molecule is CCNC(=O)N(Cc1ccc(F)cc1)Cc1ccc(OS(=O)(=O)c2ccc(OC)cc2)cc1. The number of halogens is 1. The molecule has 0 unspecified atom stereocenters. The molecule has 0 spiro atoms. The second-order valence-corrected chi connectivity index (χ2v) is 8.72. The molecule has 3 rings (SSSR count). The number of amides is 2. The van der Waals surface area contributed by atoms with Gasteiger partial charge in [-0.1, -0.05) is 24.3 Å². The maximum atomic E-state index is 13.2. The second kappa shape index (κ2) is 10.8. The minimum atomic E-state index is -4.00. The Morgan fingerprint density at radius 1 is 0.879 bits per heavy atom. The van der Waals surface area contributed by atoms with E-state index in [1.807, 2.05) is 6.92 Å². The molecule has 9 heteroatoms. The smallest absolute Gasteiger partial charge is 0.339 e. The van der Waals surface area contributed by atoms with Gasteiger partial charge in [-0.2, -0.15) is 8.42 Å². The van der Waals surface area contributed by atoms with Gasteiger partial charge in [-0.15, -0.1) is 0 Å². The summed E-state index contributed by atoms with van der Waals surface area (Å²) in [5, 5.41) is 2.77. The molecule has 0 saturated heterocycles. The number of nitrogens with one attached hydrogen (secondary N) is 1. The molecule has 0 bridgehead atoms. The van der Waals surface area contributed by atoms with E-state index in [4.69, 9.17) is 8.92 Å². The van der Waals surface area contributed by atoms with E-state index in [-0.39, 0.29) is 35.6 Å². The molecule has 1 N–H and O–H groups in total. The number of hydrogen-bond acceptors (Lipinski definition) is 5. The zero-order valence-electron chi connectivity index (χ0n) is 18.3. The number of ether oxygens (including phenoxy) is 1. The van der Waals surface area contributed by atoms with Crippen LogP contribution in [0.1, 0.15) is 18.1 Å². The fourth-order valence-corrected chi connectivity index (χ4v) is 3.99. The van der Waals surface area contributed by atoms with E-state index in [1.54, 1.807) is 29.2 Å². The fourth-order valence-electron chi connectivity index (χ4n) is 3.06. The van der Waals surface area contributed by atoms with E-state index in [9.17, 15) is 17.6 Å². The molecule has 0 aliphatic rings. The summed E-state index contributed by atoms with van der Waals surface area (Å²) in [5.41, 5.74) is 1.56. The molecule has 0 saturated carbocycles.